The molecule has 0 bridgehead atoms. The highest BCUT2D eigenvalue weighted by Gasteiger charge is 2.09. The summed E-state index contributed by atoms with van der Waals surface area (Å²) in [6.45, 7) is 1.11. The van der Waals surface area contributed by atoms with Crippen LogP contribution in [0.1, 0.15) is 5.56 Å². The molecule has 0 fully saturated rings. The predicted octanol–water partition coefficient (Wildman–Crippen LogP) is 3.18. The van der Waals surface area contributed by atoms with E-state index in [9.17, 15) is 12.8 Å². The number of fused-ring (bicyclic) bond motifs is 3. The Morgan fingerprint density at radius 1 is 0.900 bits per heavy atom. The van der Waals surface area contributed by atoms with Crippen molar-refractivity contribution in [3.8, 4) is 0 Å². The summed E-state index contributed by atoms with van der Waals surface area (Å²) in [5.74, 6) is -0.347. The number of rotatable bonds is 3. The summed E-state index contributed by atoms with van der Waals surface area (Å²) >= 11 is 0. The van der Waals surface area contributed by atoms with Gasteiger partial charge in [-0.15, -0.1) is 0 Å². The summed E-state index contributed by atoms with van der Waals surface area (Å²) in [4.78, 5) is 0. The third kappa shape index (κ3) is 2.26. The lowest BCUT2D eigenvalue weighted by molar-refractivity contribution is 0.430. The Hall–Kier alpha value is -1.98. The van der Waals surface area contributed by atoms with Crippen LogP contribution in [0.4, 0.5) is 4.39 Å². The zero-order valence-electron chi connectivity index (χ0n) is 10.2. The molecule has 101 valence electrons. The van der Waals surface area contributed by atoms with Crippen molar-refractivity contribution in [1.82, 2.24) is 0 Å². The van der Waals surface area contributed by atoms with Crippen molar-refractivity contribution in [2.24, 2.45) is 0 Å². The van der Waals surface area contributed by atoms with Gasteiger partial charge in [0, 0.05) is 5.39 Å². The smallest absolute Gasteiger partial charge is 0.257 e. The highest BCUT2D eigenvalue weighted by atomic mass is 32.2. The minimum atomic E-state index is -2.97. The first kappa shape index (κ1) is 13.0. The monoisotopic (exact) mass is 289 g/mol. The number of thiol groups is 1. The maximum Gasteiger partial charge on any atom is 0.257 e. The molecule has 0 atom stereocenters. The van der Waals surface area contributed by atoms with E-state index in [4.69, 9.17) is 0 Å². The minimum absolute atomic E-state index is 0.347. The SMILES string of the molecule is O=[SH](=O)O[CH]c1cccc2c1cc(F)c1ccccc12. The Balaban J connectivity index is 2.29. The zero-order chi connectivity index (χ0) is 14.1. The van der Waals surface area contributed by atoms with E-state index in [-0.39, 0.29) is 5.82 Å². The van der Waals surface area contributed by atoms with Gasteiger partial charge in [-0.25, -0.2) is 12.8 Å². The van der Waals surface area contributed by atoms with Crippen LogP contribution < -0.4 is 0 Å². The lowest BCUT2D eigenvalue weighted by atomic mass is 9.98. The van der Waals surface area contributed by atoms with Gasteiger partial charge in [0.05, 0.1) is 0 Å². The summed E-state index contributed by atoms with van der Waals surface area (Å²) in [5, 5.41) is 2.78. The molecule has 0 heterocycles. The van der Waals surface area contributed by atoms with E-state index in [1.165, 1.54) is 6.07 Å². The van der Waals surface area contributed by atoms with Crippen LogP contribution in [0, 0.1) is 12.4 Å². The van der Waals surface area contributed by atoms with Gasteiger partial charge in [-0.05, 0) is 27.8 Å². The first-order valence-corrected chi connectivity index (χ1v) is 7.01. The molecule has 0 N–H and O–H groups in total. The van der Waals surface area contributed by atoms with Crippen molar-refractivity contribution >= 4 is 32.5 Å². The molecule has 0 amide bonds. The van der Waals surface area contributed by atoms with E-state index in [1.807, 2.05) is 18.2 Å². The van der Waals surface area contributed by atoms with Crippen molar-refractivity contribution in [2.75, 3.05) is 0 Å². The van der Waals surface area contributed by atoms with Gasteiger partial charge in [0.15, 0.2) is 0 Å². The maximum atomic E-state index is 14.1. The molecule has 1 radical (unpaired) electrons. The van der Waals surface area contributed by atoms with Crippen LogP contribution in [0.25, 0.3) is 21.5 Å². The van der Waals surface area contributed by atoms with Crippen molar-refractivity contribution in [3.05, 3.63) is 66.5 Å². The second kappa shape index (κ2) is 5.19. The van der Waals surface area contributed by atoms with Crippen LogP contribution >= 0.6 is 0 Å². The molecule has 0 aliphatic heterocycles. The average Bonchev–Trinajstić information content (AvgIpc) is 2.45. The van der Waals surface area contributed by atoms with E-state index >= 15 is 0 Å². The van der Waals surface area contributed by atoms with E-state index in [0.717, 1.165) is 17.4 Å². The molecule has 0 unspecified atom stereocenters. The molecule has 3 nitrogen and oxygen atoms in total. The number of hydrogen-bond donors (Lipinski definition) is 1. The molecule has 0 saturated heterocycles. The molecular weight excluding hydrogens is 279 g/mol. The first-order chi connectivity index (χ1) is 9.66. The van der Waals surface area contributed by atoms with Crippen molar-refractivity contribution in [2.45, 2.75) is 0 Å². The van der Waals surface area contributed by atoms with Gasteiger partial charge in [-0.2, -0.15) is 0 Å². The van der Waals surface area contributed by atoms with Crippen LogP contribution in [0.2, 0.25) is 0 Å². The lowest BCUT2D eigenvalue weighted by Crippen LogP contribution is -1.91. The topological polar surface area (TPSA) is 43.4 Å². The number of halogens is 1. The Bertz CT molecular complexity index is 864. The lowest BCUT2D eigenvalue weighted by Gasteiger charge is -2.08. The van der Waals surface area contributed by atoms with Gasteiger partial charge in [0.1, 0.15) is 12.4 Å². The Morgan fingerprint density at radius 3 is 2.30 bits per heavy atom. The fourth-order valence-electron chi connectivity index (χ4n) is 2.31. The van der Waals surface area contributed by atoms with Gasteiger partial charge in [0.2, 0.25) is 0 Å². The fourth-order valence-corrected chi connectivity index (χ4v) is 2.51. The standard InChI is InChI=1S/C15H10FO3S/c16-15-8-14-10(9-19-20(17)18)4-3-7-12(14)11-5-1-2-6-13(11)15/h1-9,20H. The van der Waals surface area contributed by atoms with Gasteiger partial charge >= 0.3 is 0 Å². The first-order valence-electron chi connectivity index (χ1n) is 5.91. The average molecular weight is 289 g/mol. The molecule has 0 saturated carbocycles. The molecule has 0 aromatic heterocycles. The van der Waals surface area contributed by atoms with Gasteiger partial charge in [-0.1, -0.05) is 42.5 Å². The maximum absolute atomic E-state index is 14.1. The second-order valence-corrected chi connectivity index (χ2v) is 4.95. The molecule has 0 aliphatic rings. The summed E-state index contributed by atoms with van der Waals surface area (Å²) in [6.07, 6.45) is 0. The molecule has 3 aromatic carbocycles. The number of benzene rings is 3. The fraction of sp³-hybridized carbons (Fsp3) is 0. The van der Waals surface area contributed by atoms with Crippen LogP contribution in [-0.4, -0.2) is 8.42 Å². The van der Waals surface area contributed by atoms with E-state index in [0.29, 0.717) is 16.3 Å². The highest BCUT2D eigenvalue weighted by molar-refractivity contribution is 7.67. The Kier molecular flexibility index (Phi) is 3.38. The molecule has 0 spiro atoms. The summed E-state index contributed by atoms with van der Waals surface area (Å²) in [6, 6.07) is 13.9. The van der Waals surface area contributed by atoms with Crippen LogP contribution in [0.5, 0.6) is 0 Å². The normalized spacial score (nSPS) is 11.5. The van der Waals surface area contributed by atoms with Crippen molar-refractivity contribution in [3.63, 3.8) is 0 Å². The van der Waals surface area contributed by atoms with Crippen LogP contribution in [-0.2, 0) is 15.2 Å². The zero-order valence-corrected chi connectivity index (χ0v) is 11.1. The van der Waals surface area contributed by atoms with E-state index in [1.54, 1.807) is 24.3 Å². The molecular formula is C15H10FO3S. The third-order valence-electron chi connectivity index (χ3n) is 3.15. The molecule has 3 rings (SSSR count). The quantitative estimate of drug-likeness (QED) is 0.595. The van der Waals surface area contributed by atoms with Crippen LogP contribution in [0.3, 0.4) is 0 Å². The van der Waals surface area contributed by atoms with Gasteiger partial charge in [-0.3, -0.25) is 4.18 Å². The molecule has 20 heavy (non-hydrogen) atoms. The molecule has 3 aromatic rings. The third-order valence-corrected chi connectivity index (χ3v) is 3.43. The van der Waals surface area contributed by atoms with Gasteiger partial charge < -0.3 is 0 Å². The summed E-state index contributed by atoms with van der Waals surface area (Å²) in [7, 11) is -2.97. The minimum Gasteiger partial charge on any atom is -0.261 e. The Morgan fingerprint density at radius 2 is 1.55 bits per heavy atom. The number of hydrogen-bond acceptors (Lipinski definition) is 3. The highest BCUT2D eigenvalue weighted by Crippen LogP contribution is 2.30. The molecule has 0 aliphatic carbocycles. The van der Waals surface area contributed by atoms with Crippen molar-refractivity contribution in [1.29, 1.82) is 0 Å². The summed E-state index contributed by atoms with van der Waals surface area (Å²) < 4.78 is 39.6. The van der Waals surface area contributed by atoms with Gasteiger partial charge in [0.25, 0.3) is 11.0 Å². The van der Waals surface area contributed by atoms with E-state index < -0.39 is 11.0 Å². The second-order valence-electron chi connectivity index (χ2n) is 4.29. The van der Waals surface area contributed by atoms with Crippen LogP contribution in [0.15, 0.2) is 48.5 Å². The Labute approximate surface area is 116 Å². The molecule has 5 heteroatoms. The predicted molar refractivity (Wildman–Crippen MR) is 76.2 cm³/mol. The van der Waals surface area contributed by atoms with Crippen molar-refractivity contribution < 1.29 is 17.0 Å². The largest absolute Gasteiger partial charge is 0.261 e. The van der Waals surface area contributed by atoms with E-state index in [2.05, 4.69) is 4.18 Å². The summed E-state index contributed by atoms with van der Waals surface area (Å²) in [5.41, 5.74) is 0.520.